The van der Waals surface area contributed by atoms with Crippen molar-refractivity contribution in [3.8, 4) is 5.75 Å². The Morgan fingerprint density at radius 2 is 1.62 bits per heavy atom. The van der Waals surface area contributed by atoms with Crippen molar-refractivity contribution in [1.29, 1.82) is 0 Å². The lowest BCUT2D eigenvalue weighted by molar-refractivity contribution is -0.136. The summed E-state index contributed by atoms with van der Waals surface area (Å²) in [5.41, 5.74) is 4.14. The maximum Gasteiger partial charge on any atom is 0.329 e. The summed E-state index contributed by atoms with van der Waals surface area (Å²) in [6.07, 6.45) is 1.37. The number of anilines is 1. The summed E-state index contributed by atoms with van der Waals surface area (Å²) in [6, 6.07) is 22.8. The van der Waals surface area contributed by atoms with Crippen LogP contribution < -0.4 is 20.8 Å². The van der Waals surface area contributed by atoms with Crippen LogP contribution in [0.15, 0.2) is 84.0 Å². The van der Waals surface area contributed by atoms with E-state index in [0.717, 1.165) is 5.56 Å². The summed E-state index contributed by atoms with van der Waals surface area (Å²) >= 11 is 5.95. The number of benzene rings is 3. The van der Waals surface area contributed by atoms with E-state index in [2.05, 4.69) is 21.2 Å². The number of rotatable bonds is 8. The quantitative estimate of drug-likeness (QED) is 0.260. The molecule has 0 heterocycles. The topological polar surface area (TPSA) is 109 Å². The van der Waals surface area contributed by atoms with Crippen molar-refractivity contribution in [2.45, 2.75) is 13.0 Å². The van der Waals surface area contributed by atoms with Gasteiger partial charge in [0.05, 0.1) is 23.0 Å². The van der Waals surface area contributed by atoms with E-state index in [1.807, 2.05) is 37.3 Å². The van der Waals surface area contributed by atoms with Gasteiger partial charge < -0.3 is 15.4 Å². The minimum atomic E-state index is -0.938. The lowest BCUT2D eigenvalue weighted by Gasteiger charge is -2.14. The summed E-state index contributed by atoms with van der Waals surface area (Å²) < 4.78 is 5.51. The van der Waals surface area contributed by atoms with Crippen LogP contribution in [0.5, 0.6) is 5.75 Å². The van der Waals surface area contributed by atoms with E-state index in [9.17, 15) is 14.4 Å². The molecule has 0 fully saturated rings. The van der Waals surface area contributed by atoms with Crippen LogP contribution in [0, 0.1) is 0 Å². The number of hydrogen-bond donors (Lipinski definition) is 3. The first-order chi connectivity index (χ1) is 16.4. The van der Waals surface area contributed by atoms with Crippen LogP contribution in [-0.2, 0) is 14.4 Å². The smallest absolute Gasteiger partial charge is 0.329 e. The third kappa shape index (κ3) is 7.46. The van der Waals surface area contributed by atoms with Crippen molar-refractivity contribution in [2.24, 2.45) is 5.10 Å². The molecule has 1 atom stereocenters. The summed E-state index contributed by atoms with van der Waals surface area (Å²) in [7, 11) is 0. The van der Waals surface area contributed by atoms with Gasteiger partial charge >= 0.3 is 11.8 Å². The van der Waals surface area contributed by atoms with Crippen LogP contribution in [0.25, 0.3) is 0 Å². The fourth-order valence-corrected chi connectivity index (χ4v) is 3.05. The number of para-hydroxylation sites is 1. The molecule has 0 bridgehead atoms. The highest BCUT2D eigenvalue weighted by Crippen LogP contribution is 2.20. The van der Waals surface area contributed by atoms with Crippen molar-refractivity contribution in [3.63, 3.8) is 0 Å². The van der Waals surface area contributed by atoms with Crippen molar-refractivity contribution >= 4 is 41.2 Å². The van der Waals surface area contributed by atoms with E-state index in [4.69, 9.17) is 16.3 Å². The second-order valence-electron chi connectivity index (χ2n) is 7.19. The Balaban J connectivity index is 1.42. The monoisotopic (exact) mass is 478 g/mol. The van der Waals surface area contributed by atoms with Gasteiger partial charge in [-0.1, -0.05) is 54.1 Å². The number of hydrazone groups is 1. The Morgan fingerprint density at radius 3 is 2.32 bits per heavy atom. The van der Waals surface area contributed by atoms with Gasteiger partial charge in [-0.15, -0.1) is 0 Å². The highest BCUT2D eigenvalue weighted by molar-refractivity contribution is 6.41. The van der Waals surface area contributed by atoms with E-state index in [-0.39, 0.29) is 18.6 Å². The van der Waals surface area contributed by atoms with Gasteiger partial charge in [-0.2, -0.15) is 5.10 Å². The first-order valence-corrected chi connectivity index (χ1v) is 10.8. The molecule has 0 saturated heterocycles. The molecular formula is C25H23ClN4O4. The van der Waals surface area contributed by atoms with Gasteiger partial charge in [0.2, 0.25) is 0 Å². The summed E-state index contributed by atoms with van der Waals surface area (Å²) in [5, 5.41) is 9.37. The number of ether oxygens (including phenoxy) is 1. The largest absolute Gasteiger partial charge is 0.484 e. The number of carbonyl (C=O) groups excluding carboxylic acids is 3. The molecule has 0 unspecified atom stereocenters. The Bertz CT molecular complexity index is 1170. The molecule has 0 aliphatic carbocycles. The lowest BCUT2D eigenvalue weighted by atomic mass is 10.1. The molecule has 34 heavy (non-hydrogen) atoms. The standard InChI is InChI=1S/C25H23ClN4O4/c1-17(19-7-3-2-4-8-19)28-23(31)16-34-20-13-11-18(12-14-20)15-27-30-25(33)24(32)29-22-10-6-5-9-21(22)26/h2-15,17H,16H2,1H3,(H,28,31)(H,29,32)(H,30,33)/b27-15-/t17-/m1/s1. The van der Waals surface area contributed by atoms with Crippen LogP contribution in [0.3, 0.4) is 0 Å². The molecule has 3 amide bonds. The van der Waals surface area contributed by atoms with Crippen LogP contribution >= 0.6 is 11.6 Å². The summed E-state index contributed by atoms with van der Waals surface area (Å²) in [6.45, 7) is 1.78. The lowest BCUT2D eigenvalue weighted by Crippen LogP contribution is -2.32. The van der Waals surface area contributed by atoms with E-state index in [0.29, 0.717) is 22.0 Å². The van der Waals surface area contributed by atoms with Gasteiger partial charge in [-0.05, 0) is 54.4 Å². The van der Waals surface area contributed by atoms with Gasteiger partial charge in [-0.25, -0.2) is 5.43 Å². The molecule has 0 aliphatic heterocycles. The Kier molecular flexibility index (Phi) is 8.76. The molecule has 8 nitrogen and oxygen atoms in total. The number of halogens is 1. The molecule has 174 valence electrons. The van der Waals surface area contributed by atoms with Crippen molar-refractivity contribution in [2.75, 3.05) is 11.9 Å². The zero-order valence-corrected chi connectivity index (χ0v) is 19.1. The predicted octanol–water partition coefficient (Wildman–Crippen LogP) is 3.69. The maximum atomic E-state index is 12.1. The van der Waals surface area contributed by atoms with E-state index >= 15 is 0 Å². The molecule has 3 aromatic rings. The van der Waals surface area contributed by atoms with E-state index in [1.54, 1.807) is 48.5 Å². The molecule has 0 spiro atoms. The highest BCUT2D eigenvalue weighted by atomic mass is 35.5. The summed E-state index contributed by atoms with van der Waals surface area (Å²) in [4.78, 5) is 35.9. The molecule has 3 N–H and O–H groups in total. The average Bonchev–Trinajstić information content (AvgIpc) is 2.85. The average molecular weight is 479 g/mol. The number of amides is 3. The summed E-state index contributed by atoms with van der Waals surface area (Å²) in [5.74, 6) is -1.57. The molecule has 3 aromatic carbocycles. The van der Waals surface area contributed by atoms with Gasteiger partial charge in [0.1, 0.15) is 5.75 Å². The second-order valence-corrected chi connectivity index (χ2v) is 7.60. The third-order valence-corrected chi connectivity index (χ3v) is 4.96. The molecule has 9 heteroatoms. The van der Waals surface area contributed by atoms with Gasteiger partial charge in [0, 0.05) is 0 Å². The van der Waals surface area contributed by atoms with E-state index < -0.39 is 11.8 Å². The van der Waals surface area contributed by atoms with Crippen LogP contribution in [0.2, 0.25) is 5.02 Å². The van der Waals surface area contributed by atoms with Crippen molar-refractivity contribution in [3.05, 3.63) is 95.0 Å². The Labute approximate surface area is 202 Å². The molecule has 0 aromatic heterocycles. The maximum absolute atomic E-state index is 12.1. The minimum absolute atomic E-state index is 0.124. The predicted molar refractivity (Wildman–Crippen MR) is 131 cm³/mol. The van der Waals surface area contributed by atoms with Crippen LogP contribution in [-0.4, -0.2) is 30.5 Å². The van der Waals surface area contributed by atoms with Gasteiger partial charge in [0.15, 0.2) is 6.61 Å². The second kappa shape index (κ2) is 12.2. The fraction of sp³-hybridized carbons (Fsp3) is 0.120. The zero-order valence-electron chi connectivity index (χ0n) is 18.3. The normalized spacial score (nSPS) is 11.5. The first-order valence-electron chi connectivity index (χ1n) is 10.4. The Hall–Kier alpha value is -4.17. The van der Waals surface area contributed by atoms with Crippen molar-refractivity contribution < 1.29 is 19.1 Å². The highest BCUT2D eigenvalue weighted by Gasteiger charge is 2.14. The molecular weight excluding hydrogens is 456 g/mol. The van der Waals surface area contributed by atoms with Crippen LogP contribution in [0.4, 0.5) is 5.69 Å². The molecule has 0 saturated carbocycles. The Morgan fingerprint density at radius 1 is 0.941 bits per heavy atom. The molecule has 3 rings (SSSR count). The SMILES string of the molecule is C[C@@H](NC(=O)COc1ccc(/C=N\NC(=O)C(=O)Nc2ccccc2Cl)cc1)c1ccccc1. The minimum Gasteiger partial charge on any atom is -0.484 e. The molecule has 0 radical (unpaired) electrons. The molecule has 0 aliphatic rings. The number of nitrogens with one attached hydrogen (secondary N) is 3. The third-order valence-electron chi connectivity index (χ3n) is 4.64. The van der Waals surface area contributed by atoms with Crippen molar-refractivity contribution in [1.82, 2.24) is 10.7 Å². The van der Waals surface area contributed by atoms with E-state index in [1.165, 1.54) is 6.21 Å². The van der Waals surface area contributed by atoms with Crippen LogP contribution in [0.1, 0.15) is 24.1 Å². The zero-order chi connectivity index (χ0) is 24.3. The number of hydrogen-bond acceptors (Lipinski definition) is 5. The number of carbonyl (C=O) groups is 3. The first kappa shape index (κ1) is 24.5. The number of nitrogens with zero attached hydrogens (tertiary/aromatic N) is 1. The fourth-order valence-electron chi connectivity index (χ4n) is 2.87. The van der Waals surface area contributed by atoms with Gasteiger partial charge in [0.25, 0.3) is 5.91 Å². The van der Waals surface area contributed by atoms with Gasteiger partial charge in [-0.3, -0.25) is 14.4 Å².